The van der Waals surface area contributed by atoms with Gasteiger partial charge in [0.25, 0.3) is 0 Å². The van der Waals surface area contributed by atoms with E-state index in [1.54, 1.807) is 12.1 Å². The lowest BCUT2D eigenvalue weighted by Crippen LogP contribution is -2.50. The van der Waals surface area contributed by atoms with Gasteiger partial charge in [0.15, 0.2) is 0 Å². The molecule has 2 aromatic rings. The van der Waals surface area contributed by atoms with Gasteiger partial charge in [-0.05, 0) is 46.3 Å². The molecule has 1 aliphatic rings. The molecule has 0 unspecified atom stereocenters. The zero-order valence-electron chi connectivity index (χ0n) is 15.2. The minimum Gasteiger partial charge on any atom is -0.339 e. The van der Waals surface area contributed by atoms with Crippen LogP contribution in [0.25, 0.3) is 0 Å². The standard InChI is InChI=1S/C20H21BrFN3O2S/c21-17-6-1-2-7-18(17)28-14-20(27)25-10-8-24(9-11-25)13-19(26)23-16-5-3-4-15(22)12-16/h1-7,12H,8-11,13-14H2,(H,23,26). The van der Waals surface area contributed by atoms with Crippen molar-refractivity contribution in [1.82, 2.24) is 9.80 Å². The van der Waals surface area contributed by atoms with Gasteiger partial charge < -0.3 is 10.2 Å². The predicted octanol–water partition coefficient (Wildman–Crippen LogP) is 3.46. The van der Waals surface area contributed by atoms with E-state index in [1.807, 2.05) is 34.1 Å². The van der Waals surface area contributed by atoms with Gasteiger partial charge in [-0.1, -0.05) is 18.2 Å². The summed E-state index contributed by atoms with van der Waals surface area (Å²) in [6.07, 6.45) is 0. The number of carbonyl (C=O) groups is 2. The van der Waals surface area contributed by atoms with Crippen LogP contribution in [0, 0.1) is 5.82 Å². The minimum atomic E-state index is -0.384. The summed E-state index contributed by atoms with van der Waals surface area (Å²) in [5.41, 5.74) is 0.447. The van der Waals surface area contributed by atoms with Gasteiger partial charge in [0.2, 0.25) is 11.8 Å². The summed E-state index contributed by atoms with van der Waals surface area (Å²) in [5, 5.41) is 2.70. The Morgan fingerprint density at radius 2 is 1.82 bits per heavy atom. The van der Waals surface area contributed by atoms with E-state index >= 15 is 0 Å². The Balaban J connectivity index is 1.40. The Morgan fingerprint density at radius 3 is 2.54 bits per heavy atom. The van der Waals surface area contributed by atoms with Crippen LogP contribution in [-0.4, -0.2) is 60.1 Å². The molecule has 2 aromatic carbocycles. The molecule has 0 atom stereocenters. The fraction of sp³-hybridized carbons (Fsp3) is 0.300. The number of anilines is 1. The lowest BCUT2D eigenvalue weighted by atomic mass is 10.3. The molecule has 0 bridgehead atoms. The first kappa shape index (κ1) is 20.8. The third kappa shape index (κ3) is 6.05. The molecule has 5 nitrogen and oxygen atoms in total. The van der Waals surface area contributed by atoms with Crippen molar-refractivity contribution in [1.29, 1.82) is 0 Å². The highest BCUT2D eigenvalue weighted by molar-refractivity contribution is 9.10. The van der Waals surface area contributed by atoms with Crippen LogP contribution in [0.15, 0.2) is 57.9 Å². The zero-order chi connectivity index (χ0) is 19.9. The van der Waals surface area contributed by atoms with Crippen LogP contribution in [0.3, 0.4) is 0 Å². The molecule has 0 saturated carbocycles. The third-order valence-corrected chi connectivity index (χ3v) is 6.40. The van der Waals surface area contributed by atoms with Crippen molar-refractivity contribution in [2.75, 3.05) is 43.8 Å². The van der Waals surface area contributed by atoms with E-state index in [4.69, 9.17) is 0 Å². The molecular weight excluding hydrogens is 445 g/mol. The van der Waals surface area contributed by atoms with Gasteiger partial charge in [0.05, 0.1) is 12.3 Å². The summed E-state index contributed by atoms with van der Waals surface area (Å²) in [4.78, 5) is 29.5. The molecule has 148 valence electrons. The lowest BCUT2D eigenvalue weighted by molar-refractivity contribution is -0.130. The van der Waals surface area contributed by atoms with Gasteiger partial charge >= 0.3 is 0 Å². The van der Waals surface area contributed by atoms with Gasteiger partial charge in [-0.25, -0.2) is 4.39 Å². The predicted molar refractivity (Wildman–Crippen MR) is 113 cm³/mol. The number of piperazine rings is 1. The Bertz CT molecular complexity index is 844. The first-order valence-corrected chi connectivity index (χ1v) is 10.7. The highest BCUT2D eigenvalue weighted by Gasteiger charge is 2.22. The quantitative estimate of drug-likeness (QED) is 0.663. The van der Waals surface area contributed by atoms with E-state index in [0.29, 0.717) is 37.6 Å². The second kappa shape index (κ2) is 10.0. The first-order chi connectivity index (χ1) is 13.5. The van der Waals surface area contributed by atoms with E-state index in [2.05, 4.69) is 21.2 Å². The number of thioether (sulfide) groups is 1. The Hall–Kier alpha value is -1.90. The Kier molecular flexibility index (Phi) is 7.47. The van der Waals surface area contributed by atoms with Crippen LogP contribution in [0.4, 0.5) is 10.1 Å². The number of rotatable bonds is 6. The van der Waals surface area contributed by atoms with Crippen molar-refractivity contribution in [3.05, 3.63) is 58.8 Å². The molecule has 1 saturated heterocycles. The van der Waals surface area contributed by atoms with E-state index in [1.165, 1.54) is 23.9 Å². The van der Waals surface area contributed by atoms with Crippen LogP contribution in [-0.2, 0) is 9.59 Å². The number of hydrogen-bond acceptors (Lipinski definition) is 4. The lowest BCUT2D eigenvalue weighted by Gasteiger charge is -2.34. The van der Waals surface area contributed by atoms with Crippen molar-refractivity contribution in [2.24, 2.45) is 0 Å². The molecule has 1 heterocycles. The van der Waals surface area contributed by atoms with Crippen LogP contribution in [0.2, 0.25) is 0 Å². The highest BCUT2D eigenvalue weighted by atomic mass is 79.9. The SMILES string of the molecule is O=C(CN1CCN(C(=O)CSc2ccccc2Br)CC1)Nc1cccc(F)c1. The number of amides is 2. The normalized spacial score (nSPS) is 14.7. The van der Waals surface area contributed by atoms with Crippen molar-refractivity contribution < 1.29 is 14.0 Å². The first-order valence-electron chi connectivity index (χ1n) is 8.94. The summed E-state index contributed by atoms with van der Waals surface area (Å²) >= 11 is 5.01. The maximum Gasteiger partial charge on any atom is 0.238 e. The summed E-state index contributed by atoms with van der Waals surface area (Å²) in [6.45, 7) is 2.71. The van der Waals surface area contributed by atoms with Gasteiger partial charge in [0, 0.05) is 41.2 Å². The summed E-state index contributed by atoms with van der Waals surface area (Å²) in [6, 6.07) is 13.7. The van der Waals surface area contributed by atoms with E-state index < -0.39 is 0 Å². The molecule has 1 aliphatic heterocycles. The van der Waals surface area contributed by atoms with Crippen LogP contribution < -0.4 is 5.32 Å². The van der Waals surface area contributed by atoms with E-state index in [0.717, 1.165) is 9.37 Å². The number of nitrogens with zero attached hydrogens (tertiary/aromatic N) is 2. The van der Waals surface area contributed by atoms with Gasteiger partial charge in [0.1, 0.15) is 5.82 Å². The maximum atomic E-state index is 13.2. The largest absolute Gasteiger partial charge is 0.339 e. The highest BCUT2D eigenvalue weighted by Crippen LogP contribution is 2.27. The average molecular weight is 466 g/mol. The third-order valence-electron chi connectivity index (χ3n) is 4.39. The van der Waals surface area contributed by atoms with Crippen molar-refractivity contribution >= 4 is 45.2 Å². The van der Waals surface area contributed by atoms with E-state index in [-0.39, 0.29) is 24.2 Å². The summed E-state index contributed by atoms with van der Waals surface area (Å²) < 4.78 is 14.2. The maximum absolute atomic E-state index is 13.2. The second-order valence-electron chi connectivity index (χ2n) is 6.43. The van der Waals surface area contributed by atoms with Crippen LogP contribution in [0.5, 0.6) is 0 Å². The monoisotopic (exact) mass is 465 g/mol. The number of benzene rings is 2. The summed E-state index contributed by atoms with van der Waals surface area (Å²) in [5.74, 6) is -0.0762. The molecule has 3 rings (SSSR count). The van der Waals surface area contributed by atoms with Crippen molar-refractivity contribution in [2.45, 2.75) is 4.90 Å². The molecule has 0 spiro atoms. The Morgan fingerprint density at radius 1 is 1.07 bits per heavy atom. The molecule has 2 amide bonds. The average Bonchev–Trinajstić information content (AvgIpc) is 2.67. The number of nitrogens with one attached hydrogen (secondary N) is 1. The minimum absolute atomic E-state index is 0.101. The Labute approximate surface area is 176 Å². The second-order valence-corrected chi connectivity index (χ2v) is 8.31. The van der Waals surface area contributed by atoms with E-state index in [9.17, 15) is 14.0 Å². The zero-order valence-corrected chi connectivity index (χ0v) is 17.6. The van der Waals surface area contributed by atoms with Crippen LogP contribution in [0.1, 0.15) is 0 Å². The molecular formula is C20H21BrFN3O2S. The molecule has 1 N–H and O–H groups in total. The number of hydrogen-bond donors (Lipinski definition) is 1. The fourth-order valence-corrected chi connectivity index (χ4v) is 4.39. The fourth-order valence-electron chi connectivity index (χ4n) is 2.92. The van der Waals surface area contributed by atoms with Gasteiger partial charge in [-0.2, -0.15) is 0 Å². The summed E-state index contributed by atoms with van der Waals surface area (Å²) in [7, 11) is 0. The van der Waals surface area contributed by atoms with Crippen molar-refractivity contribution in [3.63, 3.8) is 0 Å². The number of halogens is 2. The molecule has 0 aromatic heterocycles. The van der Waals surface area contributed by atoms with Gasteiger partial charge in [-0.15, -0.1) is 11.8 Å². The molecule has 0 aliphatic carbocycles. The molecule has 1 fully saturated rings. The molecule has 28 heavy (non-hydrogen) atoms. The molecule has 0 radical (unpaired) electrons. The smallest absolute Gasteiger partial charge is 0.238 e. The molecule has 8 heteroatoms. The van der Waals surface area contributed by atoms with Gasteiger partial charge in [-0.3, -0.25) is 14.5 Å². The topological polar surface area (TPSA) is 52.7 Å². The van der Waals surface area contributed by atoms with Crippen molar-refractivity contribution in [3.8, 4) is 0 Å². The van der Waals surface area contributed by atoms with Crippen LogP contribution >= 0.6 is 27.7 Å². The number of carbonyl (C=O) groups excluding carboxylic acids is 2.